The normalized spacial score (nSPS) is 12.5. The first-order valence-corrected chi connectivity index (χ1v) is 7.81. The molecular formula is C18H29NO2. The summed E-state index contributed by atoms with van der Waals surface area (Å²) in [5.74, 6) is -0.127. The minimum absolute atomic E-state index is 0.115. The number of aryl methyl sites for hydroxylation is 3. The zero-order valence-corrected chi connectivity index (χ0v) is 14.2. The van der Waals surface area contributed by atoms with Crippen LogP contribution in [-0.2, 0) is 16.0 Å². The number of esters is 1. The molecule has 0 amide bonds. The van der Waals surface area contributed by atoms with Crippen LogP contribution in [0.3, 0.4) is 0 Å². The van der Waals surface area contributed by atoms with Crippen molar-refractivity contribution in [1.29, 1.82) is 0 Å². The predicted octanol–water partition coefficient (Wildman–Crippen LogP) is 3.47. The van der Waals surface area contributed by atoms with Crippen molar-refractivity contribution in [3.63, 3.8) is 0 Å². The van der Waals surface area contributed by atoms with Gasteiger partial charge in [-0.2, -0.15) is 0 Å². The van der Waals surface area contributed by atoms with Gasteiger partial charge in [-0.25, -0.2) is 0 Å². The second-order valence-corrected chi connectivity index (χ2v) is 6.11. The topological polar surface area (TPSA) is 38.3 Å². The van der Waals surface area contributed by atoms with E-state index in [-0.39, 0.29) is 12.0 Å². The second-order valence-electron chi connectivity index (χ2n) is 6.11. The Morgan fingerprint density at radius 3 is 2.24 bits per heavy atom. The Kier molecular flexibility index (Phi) is 6.90. The predicted molar refractivity (Wildman–Crippen MR) is 87.7 cm³/mol. The Morgan fingerprint density at radius 2 is 1.76 bits per heavy atom. The summed E-state index contributed by atoms with van der Waals surface area (Å²) in [5.41, 5.74) is 5.22. The summed E-state index contributed by atoms with van der Waals surface area (Å²) in [5, 5.41) is 3.49. The lowest BCUT2D eigenvalue weighted by molar-refractivity contribution is -0.143. The van der Waals surface area contributed by atoms with Crippen molar-refractivity contribution in [1.82, 2.24) is 5.32 Å². The molecule has 0 fully saturated rings. The van der Waals surface area contributed by atoms with Gasteiger partial charge in [-0.15, -0.1) is 0 Å². The van der Waals surface area contributed by atoms with Gasteiger partial charge in [0, 0.05) is 12.1 Å². The third-order valence-corrected chi connectivity index (χ3v) is 3.58. The molecule has 0 saturated carbocycles. The maximum Gasteiger partial charge on any atom is 0.307 e. The van der Waals surface area contributed by atoms with E-state index in [0.717, 1.165) is 6.42 Å². The van der Waals surface area contributed by atoms with Gasteiger partial charge in [0.05, 0.1) is 13.0 Å². The first-order chi connectivity index (χ1) is 9.83. The fraction of sp³-hybridized carbons (Fsp3) is 0.611. The van der Waals surface area contributed by atoms with Gasteiger partial charge < -0.3 is 10.1 Å². The Labute approximate surface area is 129 Å². The molecule has 1 N–H and O–H groups in total. The fourth-order valence-corrected chi connectivity index (χ4v) is 2.86. The molecule has 1 aromatic carbocycles. The first kappa shape index (κ1) is 17.7. The van der Waals surface area contributed by atoms with Crippen molar-refractivity contribution >= 4 is 5.97 Å². The average molecular weight is 291 g/mol. The summed E-state index contributed by atoms with van der Waals surface area (Å²) < 4.78 is 5.09. The van der Waals surface area contributed by atoms with Crippen molar-refractivity contribution in [2.24, 2.45) is 0 Å². The van der Waals surface area contributed by atoms with E-state index in [0.29, 0.717) is 19.1 Å². The molecule has 1 rings (SSSR count). The van der Waals surface area contributed by atoms with E-state index in [1.807, 2.05) is 6.92 Å². The van der Waals surface area contributed by atoms with Crippen LogP contribution in [0.25, 0.3) is 0 Å². The molecule has 1 atom stereocenters. The minimum Gasteiger partial charge on any atom is -0.466 e. The molecular weight excluding hydrogens is 262 g/mol. The van der Waals surface area contributed by atoms with Crippen LogP contribution in [0.4, 0.5) is 0 Å². The lowest BCUT2D eigenvalue weighted by Gasteiger charge is -2.23. The molecule has 0 spiro atoms. The van der Waals surface area contributed by atoms with E-state index in [9.17, 15) is 4.79 Å². The van der Waals surface area contributed by atoms with Gasteiger partial charge >= 0.3 is 5.97 Å². The molecule has 3 heteroatoms. The van der Waals surface area contributed by atoms with Gasteiger partial charge in [0.2, 0.25) is 0 Å². The Hall–Kier alpha value is -1.35. The SMILES string of the molecule is CCOC(=O)CC(Cc1c(C)cc(C)cc1C)NC(C)C. The van der Waals surface area contributed by atoms with Crippen LogP contribution in [0, 0.1) is 20.8 Å². The van der Waals surface area contributed by atoms with Crippen molar-refractivity contribution in [3.8, 4) is 0 Å². The quantitative estimate of drug-likeness (QED) is 0.782. The smallest absolute Gasteiger partial charge is 0.307 e. The summed E-state index contributed by atoms with van der Waals surface area (Å²) in [6.45, 7) is 12.9. The highest BCUT2D eigenvalue weighted by molar-refractivity contribution is 5.70. The van der Waals surface area contributed by atoms with Gasteiger partial charge in [0.1, 0.15) is 0 Å². The van der Waals surface area contributed by atoms with Crippen LogP contribution >= 0.6 is 0 Å². The lowest BCUT2D eigenvalue weighted by Crippen LogP contribution is -2.38. The molecule has 118 valence electrons. The zero-order chi connectivity index (χ0) is 16.0. The number of rotatable bonds is 7. The maximum atomic E-state index is 11.8. The number of benzene rings is 1. The van der Waals surface area contributed by atoms with E-state index in [1.165, 1.54) is 22.3 Å². The molecule has 0 aromatic heterocycles. The Bertz CT molecular complexity index is 457. The van der Waals surface area contributed by atoms with Crippen LogP contribution in [0.15, 0.2) is 12.1 Å². The molecule has 1 unspecified atom stereocenters. The van der Waals surface area contributed by atoms with Gasteiger partial charge in [-0.3, -0.25) is 4.79 Å². The van der Waals surface area contributed by atoms with E-state index in [2.05, 4.69) is 52.1 Å². The third-order valence-electron chi connectivity index (χ3n) is 3.58. The summed E-state index contributed by atoms with van der Waals surface area (Å²) in [6, 6.07) is 4.87. The van der Waals surface area contributed by atoms with Crippen LogP contribution in [0.1, 0.15) is 49.4 Å². The maximum absolute atomic E-state index is 11.8. The van der Waals surface area contributed by atoms with Crippen LogP contribution < -0.4 is 5.32 Å². The summed E-state index contributed by atoms with van der Waals surface area (Å²) >= 11 is 0. The number of nitrogens with one attached hydrogen (secondary N) is 1. The monoisotopic (exact) mass is 291 g/mol. The van der Waals surface area contributed by atoms with Gasteiger partial charge in [-0.1, -0.05) is 31.5 Å². The van der Waals surface area contributed by atoms with Crippen LogP contribution in [0.5, 0.6) is 0 Å². The molecule has 0 aliphatic heterocycles. The van der Waals surface area contributed by atoms with Gasteiger partial charge in [0.15, 0.2) is 0 Å². The highest BCUT2D eigenvalue weighted by Crippen LogP contribution is 2.19. The van der Waals surface area contributed by atoms with E-state index < -0.39 is 0 Å². The third kappa shape index (κ3) is 5.88. The number of carbonyl (C=O) groups excluding carboxylic acids is 1. The fourth-order valence-electron chi connectivity index (χ4n) is 2.86. The summed E-state index contributed by atoms with van der Waals surface area (Å²) in [4.78, 5) is 11.8. The van der Waals surface area contributed by atoms with Crippen LogP contribution in [-0.4, -0.2) is 24.7 Å². The lowest BCUT2D eigenvalue weighted by atomic mass is 9.93. The number of hydrogen-bond acceptors (Lipinski definition) is 3. The molecule has 0 aliphatic carbocycles. The zero-order valence-electron chi connectivity index (χ0n) is 14.2. The number of hydrogen-bond donors (Lipinski definition) is 1. The van der Waals surface area contributed by atoms with Gasteiger partial charge in [0.25, 0.3) is 0 Å². The molecule has 1 aromatic rings. The Balaban J connectivity index is 2.88. The highest BCUT2D eigenvalue weighted by atomic mass is 16.5. The van der Waals surface area contributed by atoms with Crippen molar-refractivity contribution < 1.29 is 9.53 Å². The van der Waals surface area contributed by atoms with Crippen molar-refractivity contribution in [3.05, 3.63) is 34.4 Å². The van der Waals surface area contributed by atoms with E-state index in [4.69, 9.17) is 4.74 Å². The molecule has 0 heterocycles. The first-order valence-electron chi connectivity index (χ1n) is 7.81. The summed E-state index contributed by atoms with van der Waals surface area (Å²) in [7, 11) is 0. The van der Waals surface area contributed by atoms with Gasteiger partial charge in [-0.05, 0) is 50.8 Å². The molecule has 0 saturated heterocycles. The van der Waals surface area contributed by atoms with Crippen molar-refractivity contribution in [2.75, 3.05) is 6.61 Å². The molecule has 0 aliphatic rings. The number of carbonyl (C=O) groups is 1. The Morgan fingerprint density at radius 1 is 1.19 bits per heavy atom. The second kappa shape index (κ2) is 8.18. The molecule has 3 nitrogen and oxygen atoms in total. The van der Waals surface area contributed by atoms with E-state index in [1.54, 1.807) is 0 Å². The molecule has 21 heavy (non-hydrogen) atoms. The largest absolute Gasteiger partial charge is 0.466 e. The standard InChI is InChI=1S/C18H29NO2/c1-7-21-18(20)11-16(19-12(2)3)10-17-14(5)8-13(4)9-15(17)6/h8-9,12,16,19H,7,10-11H2,1-6H3. The summed E-state index contributed by atoms with van der Waals surface area (Å²) in [6.07, 6.45) is 1.27. The highest BCUT2D eigenvalue weighted by Gasteiger charge is 2.18. The van der Waals surface area contributed by atoms with E-state index >= 15 is 0 Å². The van der Waals surface area contributed by atoms with Crippen LogP contribution in [0.2, 0.25) is 0 Å². The average Bonchev–Trinajstić information content (AvgIpc) is 2.32. The molecule has 0 radical (unpaired) electrons. The minimum atomic E-state index is -0.127. The number of ether oxygens (including phenoxy) is 1. The molecule has 0 bridgehead atoms. The van der Waals surface area contributed by atoms with Crippen molar-refractivity contribution in [2.45, 2.75) is 66.5 Å².